The summed E-state index contributed by atoms with van der Waals surface area (Å²) in [5.41, 5.74) is 10.8. The number of aryl methyl sites for hydroxylation is 1. The van der Waals surface area contributed by atoms with Crippen molar-refractivity contribution in [1.29, 1.82) is 0 Å². The zero-order valence-electron chi connectivity index (χ0n) is 14.6. The third kappa shape index (κ3) is 3.29. The number of rotatable bonds is 5. The number of nitrogens with two attached hydrogens (primary N) is 1. The number of aromatic nitrogens is 2. The second kappa shape index (κ2) is 7.37. The van der Waals surface area contributed by atoms with E-state index in [1.807, 2.05) is 31.2 Å². The molecule has 0 spiro atoms. The van der Waals surface area contributed by atoms with E-state index in [9.17, 15) is 9.59 Å². The van der Waals surface area contributed by atoms with Gasteiger partial charge < -0.3 is 5.73 Å². The van der Waals surface area contributed by atoms with Gasteiger partial charge in [0.2, 0.25) is 0 Å². The second-order valence-electron chi connectivity index (χ2n) is 6.01. The van der Waals surface area contributed by atoms with E-state index in [0.29, 0.717) is 23.2 Å². The number of nitrogen functional groups attached to an aromatic ring is 1. The van der Waals surface area contributed by atoms with Crippen LogP contribution in [-0.2, 0) is 4.84 Å². The highest BCUT2D eigenvalue weighted by molar-refractivity contribution is 6.03. The number of carbonyl (C=O) groups excluding carboxylic acids is 2. The molecular formula is C19H20N4O3. The van der Waals surface area contributed by atoms with Crippen LogP contribution in [0.3, 0.4) is 0 Å². The molecule has 1 aliphatic carbocycles. The van der Waals surface area contributed by atoms with Gasteiger partial charge in [0.1, 0.15) is 5.82 Å². The summed E-state index contributed by atoms with van der Waals surface area (Å²) in [6.45, 7) is 1.88. The van der Waals surface area contributed by atoms with Gasteiger partial charge in [0.15, 0.2) is 5.78 Å². The number of allylic oxidation sites excluding steroid dienone is 4. The van der Waals surface area contributed by atoms with Gasteiger partial charge in [-0.2, -0.15) is 5.10 Å². The number of nitrogens with one attached hydrogen (secondary N) is 1. The number of carbonyl (C=O) groups is 2. The molecule has 26 heavy (non-hydrogen) atoms. The Bertz CT molecular complexity index is 912. The Morgan fingerprint density at radius 3 is 2.85 bits per heavy atom. The minimum atomic E-state index is -0.380. The summed E-state index contributed by atoms with van der Waals surface area (Å²) >= 11 is 0. The molecule has 0 bridgehead atoms. The van der Waals surface area contributed by atoms with Crippen molar-refractivity contribution >= 4 is 17.5 Å². The maximum atomic E-state index is 12.7. The fourth-order valence-corrected chi connectivity index (χ4v) is 2.84. The Kier molecular flexibility index (Phi) is 4.99. The molecule has 134 valence electrons. The number of hydroxylamine groups is 1. The molecule has 7 nitrogen and oxygen atoms in total. The molecule has 0 saturated heterocycles. The summed E-state index contributed by atoms with van der Waals surface area (Å²) in [6, 6.07) is 5.12. The number of nitrogens with zero attached hydrogens (tertiary/aromatic N) is 2. The number of ketones is 1. The van der Waals surface area contributed by atoms with Crippen LogP contribution in [0.4, 0.5) is 5.82 Å². The molecule has 0 radical (unpaired) electrons. The minimum Gasteiger partial charge on any atom is -0.383 e. The molecule has 0 fully saturated rings. The lowest BCUT2D eigenvalue weighted by atomic mass is 9.93. The van der Waals surface area contributed by atoms with Crippen molar-refractivity contribution in [3.8, 4) is 5.69 Å². The Balaban J connectivity index is 1.96. The zero-order chi connectivity index (χ0) is 18.7. The molecule has 1 unspecified atom stereocenters. The van der Waals surface area contributed by atoms with Crippen molar-refractivity contribution in [2.45, 2.75) is 13.3 Å². The lowest BCUT2D eigenvalue weighted by molar-refractivity contribution is 0.0537. The van der Waals surface area contributed by atoms with Crippen molar-refractivity contribution in [3.63, 3.8) is 0 Å². The van der Waals surface area contributed by atoms with Gasteiger partial charge >= 0.3 is 0 Å². The molecule has 1 atom stereocenters. The standard InChI is InChI=1S/C19H20N4O3/c1-12-8-9-14(19(25)22-26-2)10-16(12)23-18(20)15(11-21-23)17(24)13-6-4-3-5-7-13/h3-6,8-11,13H,7,20H2,1-2H3,(H,22,25). The van der Waals surface area contributed by atoms with Crippen molar-refractivity contribution < 1.29 is 14.4 Å². The molecule has 3 rings (SSSR count). The number of amides is 1. The first kappa shape index (κ1) is 17.6. The van der Waals surface area contributed by atoms with E-state index in [-0.39, 0.29) is 23.4 Å². The van der Waals surface area contributed by atoms with Crippen LogP contribution in [0.2, 0.25) is 0 Å². The molecule has 2 aromatic rings. The summed E-state index contributed by atoms with van der Waals surface area (Å²) < 4.78 is 1.48. The molecule has 3 N–H and O–H groups in total. The van der Waals surface area contributed by atoms with Crippen LogP contribution in [0.25, 0.3) is 5.69 Å². The van der Waals surface area contributed by atoms with E-state index in [1.165, 1.54) is 18.0 Å². The van der Waals surface area contributed by atoms with Gasteiger partial charge in [-0.15, -0.1) is 0 Å². The van der Waals surface area contributed by atoms with Crippen molar-refractivity contribution in [3.05, 3.63) is 65.4 Å². The number of Topliss-reactive ketones (excluding diaryl/α,β-unsaturated/α-hetero) is 1. The Labute approximate surface area is 151 Å². The topological polar surface area (TPSA) is 99.2 Å². The molecule has 1 aromatic carbocycles. The predicted octanol–water partition coefficient (Wildman–Crippen LogP) is 2.37. The summed E-state index contributed by atoms with van der Waals surface area (Å²) in [5, 5.41) is 4.27. The monoisotopic (exact) mass is 352 g/mol. The summed E-state index contributed by atoms with van der Waals surface area (Å²) in [5.74, 6) is -0.430. The van der Waals surface area contributed by atoms with Crippen LogP contribution in [0, 0.1) is 12.8 Å². The predicted molar refractivity (Wildman–Crippen MR) is 97.9 cm³/mol. The van der Waals surface area contributed by atoms with Gasteiger partial charge in [-0.05, 0) is 31.0 Å². The first-order valence-corrected chi connectivity index (χ1v) is 8.18. The number of hydrogen-bond donors (Lipinski definition) is 2. The van der Waals surface area contributed by atoms with Crippen molar-refractivity contribution in [2.75, 3.05) is 12.8 Å². The fourth-order valence-electron chi connectivity index (χ4n) is 2.84. The highest BCUT2D eigenvalue weighted by Gasteiger charge is 2.23. The molecule has 1 heterocycles. The zero-order valence-corrected chi connectivity index (χ0v) is 14.6. The molecule has 1 aromatic heterocycles. The van der Waals surface area contributed by atoms with E-state index < -0.39 is 0 Å². The van der Waals surface area contributed by atoms with Gasteiger partial charge in [0, 0.05) is 11.5 Å². The smallest absolute Gasteiger partial charge is 0.274 e. The summed E-state index contributed by atoms with van der Waals surface area (Å²) in [4.78, 5) is 29.3. The number of anilines is 1. The lowest BCUT2D eigenvalue weighted by Crippen LogP contribution is -2.22. The highest BCUT2D eigenvalue weighted by Crippen LogP contribution is 2.25. The average molecular weight is 352 g/mol. The van der Waals surface area contributed by atoms with Gasteiger partial charge in [-0.25, -0.2) is 10.2 Å². The van der Waals surface area contributed by atoms with Crippen LogP contribution < -0.4 is 11.2 Å². The molecule has 0 aliphatic heterocycles. The van der Waals surface area contributed by atoms with Crippen LogP contribution in [-0.4, -0.2) is 28.6 Å². The Morgan fingerprint density at radius 1 is 1.35 bits per heavy atom. The Morgan fingerprint density at radius 2 is 2.15 bits per heavy atom. The van der Waals surface area contributed by atoms with Crippen LogP contribution in [0.15, 0.2) is 48.7 Å². The molecule has 7 heteroatoms. The first-order chi connectivity index (χ1) is 12.5. The average Bonchev–Trinajstić information content (AvgIpc) is 3.03. The fraction of sp³-hybridized carbons (Fsp3) is 0.211. The lowest BCUT2D eigenvalue weighted by Gasteiger charge is -2.13. The normalized spacial score (nSPS) is 15.8. The van der Waals surface area contributed by atoms with Crippen LogP contribution in [0.5, 0.6) is 0 Å². The molecular weight excluding hydrogens is 332 g/mol. The van der Waals surface area contributed by atoms with E-state index in [2.05, 4.69) is 15.4 Å². The first-order valence-electron chi connectivity index (χ1n) is 8.18. The van der Waals surface area contributed by atoms with Crippen LogP contribution in [0.1, 0.15) is 32.7 Å². The minimum absolute atomic E-state index is 0.0692. The number of benzene rings is 1. The van der Waals surface area contributed by atoms with Crippen molar-refractivity contribution in [1.82, 2.24) is 15.3 Å². The van der Waals surface area contributed by atoms with Gasteiger partial charge in [0.05, 0.1) is 24.6 Å². The SMILES string of the molecule is CONC(=O)c1ccc(C)c(-n2ncc(C(=O)C3C=CC=CC3)c2N)c1. The Hall–Kier alpha value is -3.19. The quantitative estimate of drug-likeness (QED) is 0.636. The van der Waals surface area contributed by atoms with E-state index in [4.69, 9.17) is 5.73 Å². The third-order valence-electron chi connectivity index (χ3n) is 4.28. The molecule has 1 amide bonds. The summed E-state index contributed by atoms with van der Waals surface area (Å²) in [7, 11) is 1.37. The van der Waals surface area contributed by atoms with E-state index >= 15 is 0 Å². The highest BCUT2D eigenvalue weighted by atomic mass is 16.6. The maximum absolute atomic E-state index is 12.7. The van der Waals surface area contributed by atoms with Crippen LogP contribution >= 0.6 is 0 Å². The summed E-state index contributed by atoms with van der Waals surface area (Å²) in [6.07, 6.45) is 9.70. The molecule has 1 aliphatic rings. The van der Waals surface area contributed by atoms with Crippen molar-refractivity contribution in [2.24, 2.45) is 5.92 Å². The van der Waals surface area contributed by atoms with Gasteiger partial charge in [-0.1, -0.05) is 30.4 Å². The van der Waals surface area contributed by atoms with Gasteiger partial charge in [0.25, 0.3) is 5.91 Å². The maximum Gasteiger partial charge on any atom is 0.274 e. The third-order valence-corrected chi connectivity index (χ3v) is 4.28. The second-order valence-corrected chi connectivity index (χ2v) is 6.01. The largest absolute Gasteiger partial charge is 0.383 e. The van der Waals surface area contributed by atoms with E-state index in [1.54, 1.807) is 18.2 Å². The number of hydrogen-bond acceptors (Lipinski definition) is 5. The van der Waals surface area contributed by atoms with Gasteiger partial charge in [-0.3, -0.25) is 14.4 Å². The molecule has 0 saturated carbocycles. The van der Waals surface area contributed by atoms with E-state index in [0.717, 1.165) is 5.56 Å².